The summed E-state index contributed by atoms with van der Waals surface area (Å²) in [6.07, 6.45) is 1.47. The van der Waals surface area contributed by atoms with Gasteiger partial charge in [-0.2, -0.15) is 10.2 Å². The van der Waals surface area contributed by atoms with Gasteiger partial charge in [-0.3, -0.25) is 10.5 Å². The third kappa shape index (κ3) is 5.56. The van der Waals surface area contributed by atoms with Crippen LogP contribution in [-0.2, 0) is 15.8 Å². The summed E-state index contributed by atoms with van der Waals surface area (Å²) < 4.78 is 28.1. The van der Waals surface area contributed by atoms with Gasteiger partial charge in [-0.1, -0.05) is 11.8 Å². The normalized spacial score (nSPS) is 12.0. The quantitative estimate of drug-likeness (QED) is 0.283. The number of aromatic nitrogens is 3. The number of primary sulfonamides is 1. The summed E-state index contributed by atoms with van der Waals surface area (Å²) in [5.41, 5.74) is 6.24. The van der Waals surface area contributed by atoms with Crippen LogP contribution in [0.4, 0.5) is 5.69 Å². The van der Waals surface area contributed by atoms with Crippen molar-refractivity contribution in [2.75, 3.05) is 12.5 Å². The van der Waals surface area contributed by atoms with E-state index in [4.69, 9.17) is 9.88 Å². The second kappa shape index (κ2) is 9.07. The maximum atomic E-state index is 11.3. The SMILES string of the molecule is COc1ccc(/C(C)=N/Nc2ccc(S(N)(=O)=O)cc2)cc1CSc1ncn[nH]1. The van der Waals surface area contributed by atoms with Gasteiger partial charge in [-0.25, -0.2) is 18.5 Å². The summed E-state index contributed by atoms with van der Waals surface area (Å²) in [6.45, 7) is 1.88. The average molecular weight is 433 g/mol. The third-order valence-corrected chi connectivity index (χ3v) is 5.85. The Morgan fingerprint density at radius 1 is 1.28 bits per heavy atom. The molecule has 0 spiro atoms. The maximum absolute atomic E-state index is 11.3. The minimum atomic E-state index is -3.72. The zero-order valence-corrected chi connectivity index (χ0v) is 17.4. The van der Waals surface area contributed by atoms with Gasteiger partial charge >= 0.3 is 0 Å². The first-order chi connectivity index (χ1) is 13.9. The number of nitrogens with two attached hydrogens (primary N) is 1. The molecule has 0 aliphatic rings. The molecule has 29 heavy (non-hydrogen) atoms. The molecule has 0 bridgehead atoms. The van der Waals surface area contributed by atoms with E-state index in [1.165, 1.54) is 30.2 Å². The Hall–Kier alpha value is -2.89. The van der Waals surface area contributed by atoms with Gasteiger partial charge in [0.1, 0.15) is 12.1 Å². The predicted molar refractivity (Wildman–Crippen MR) is 113 cm³/mol. The zero-order chi connectivity index (χ0) is 20.9. The molecule has 0 saturated carbocycles. The van der Waals surface area contributed by atoms with Crippen molar-refractivity contribution in [1.82, 2.24) is 15.2 Å². The summed E-state index contributed by atoms with van der Waals surface area (Å²) in [4.78, 5) is 4.15. The molecule has 2 aromatic carbocycles. The van der Waals surface area contributed by atoms with Crippen LogP contribution in [0.15, 0.2) is 63.9 Å². The zero-order valence-electron chi connectivity index (χ0n) is 15.8. The molecule has 0 atom stereocenters. The molecular weight excluding hydrogens is 412 g/mol. The number of hydrogen-bond acceptors (Lipinski definition) is 8. The average Bonchev–Trinajstić information content (AvgIpc) is 3.23. The van der Waals surface area contributed by atoms with Crippen LogP contribution in [0.3, 0.4) is 0 Å². The first-order valence-corrected chi connectivity index (χ1v) is 11.0. The number of hydrogen-bond donors (Lipinski definition) is 3. The summed E-state index contributed by atoms with van der Waals surface area (Å²) >= 11 is 1.52. The van der Waals surface area contributed by atoms with Gasteiger partial charge in [0.25, 0.3) is 0 Å². The molecule has 152 valence electrons. The Labute approximate surface area is 172 Å². The van der Waals surface area contributed by atoms with Crippen LogP contribution in [0.1, 0.15) is 18.1 Å². The molecule has 0 aliphatic heterocycles. The van der Waals surface area contributed by atoms with Crippen LogP contribution in [0.5, 0.6) is 5.75 Å². The van der Waals surface area contributed by atoms with E-state index in [1.807, 2.05) is 25.1 Å². The van der Waals surface area contributed by atoms with Gasteiger partial charge < -0.3 is 4.74 Å². The first-order valence-electron chi connectivity index (χ1n) is 8.45. The van der Waals surface area contributed by atoms with E-state index < -0.39 is 10.0 Å². The van der Waals surface area contributed by atoms with Crippen molar-refractivity contribution in [1.29, 1.82) is 0 Å². The van der Waals surface area contributed by atoms with Crippen LogP contribution in [-0.4, -0.2) is 36.4 Å². The van der Waals surface area contributed by atoms with Crippen molar-refractivity contribution < 1.29 is 13.2 Å². The standard InChI is InChI=1S/C18H20N6O3S2/c1-12(22-23-15-4-6-16(7-5-15)29(19,25)26)13-3-8-17(27-2)14(9-13)10-28-18-20-11-21-24-18/h3-9,11,23H,10H2,1-2H3,(H2,19,25,26)(H,20,21,24)/b22-12+. The number of nitrogens with one attached hydrogen (secondary N) is 2. The van der Waals surface area contributed by atoms with Crippen LogP contribution in [0, 0.1) is 0 Å². The predicted octanol–water partition coefficient (Wildman–Crippen LogP) is 2.59. The molecule has 0 fully saturated rings. The summed E-state index contributed by atoms with van der Waals surface area (Å²) in [5, 5.41) is 16.9. The lowest BCUT2D eigenvalue weighted by Crippen LogP contribution is -2.11. The smallest absolute Gasteiger partial charge is 0.238 e. The Morgan fingerprint density at radius 3 is 2.66 bits per heavy atom. The molecule has 1 aromatic heterocycles. The van der Waals surface area contributed by atoms with Crippen molar-refractivity contribution in [2.24, 2.45) is 10.2 Å². The highest BCUT2D eigenvalue weighted by Crippen LogP contribution is 2.27. The van der Waals surface area contributed by atoms with Crippen LogP contribution < -0.4 is 15.3 Å². The molecule has 1 heterocycles. The number of nitrogens with zero attached hydrogens (tertiary/aromatic N) is 3. The second-order valence-corrected chi connectivity index (χ2v) is 8.51. The van der Waals surface area contributed by atoms with Crippen LogP contribution in [0.25, 0.3) is 0 Å². The van der Waals surface area contributed by atoms with Gasteiger partial charge in [0.05, 0.1) is 23.4 Å². The lowest BCUT2D eigenvalue weighted by atomic mass is 10.1. The fourth-order valence-electron chi connectivity index (χ4n) is 2.46. The summed E-state index contributed by atoms with van der Waals surface area (Å²) in [7, 11) is -2.08. The molecule has 4 N–H and O–H groups in total. The van der Waals surface area contributed by atoms with E-state index in [0.717, 1.165) is 27.7 Å². The van der Waals surface area contributed by atoms with Crippen molar-refractivity contribution in [3.05, 3.63) is 59.9 Å². The van der Waals surface area contributed by atoms with Gasteiger partial charge in [0, 0.05) is 11.3 Å². The van der Waals surface area contributed by atoms with E-state index in [2.05, 4.69) is 25.7 Å². The topological polar surface area (TPSA) is 135 Å². The number of hydrazone groups is 1. The second-order valence-electron chi connectivity index (χ2n) is 5.98. The number of anilines is 1. The number of aromatic amines is 1. The van der Waals surface area contributed by atoms with Crippen molar-refractivity contribution in [3.63, 3.8) is 0 Å². The lowest BCUT2D eigenvalue weighted by molar-refractivity contribution is 0.411. The molecule has 0 amide bonds. The molecule has 11 heteroatoms. The minimum absolute atomic E-state index is 0.0489. The van der Waals surface area contributed by atoms with E-state index >= 15 is 0 Å². The maximum Gasteiger partial charge on any atom is 0.238 e. The van der Waals surface area contributed by atoms with Crippen molar-refractivity contribution in [3.8, 4) is 5.75 Å². The van der Waals surface area contributed by atoms with Crippen molar-refractivity contribution in [2.45, 2.75) is 22.7 Å². The molecule has 0 saturated heterocycles. The number of ether oxygens (including phenoxy) is 1. The summed E-state index contributed by atoms with van der Waals surface area (Å²) in [6, 6.07) is 11.9. The molecule has 0 aliphatic carbocycles. The van der Waals surface area contributed by atoms with Crippen LogP contribution >= 0.6 is 11.8 Å². The highest BCUT2D eigenvalue weighted by Gasteiger charge is 2.09. The number of benzene rings is 2. The Balaban J connectivity index is 1.73. The molecule has 9 nitrogen and oxygen atoms in total. The van der Waals surface area contributed by atoms with Crippen molar-refractivity contribution >= 4 is 33.2 Å². The molecule has 0 unspecified atom stereocenters. The third-order valence-electron chi connectivity index (χ3n) is 3.99. The van der Waals surface area contributed by atoms with Gasteiger partial charge in [0.15, 0.2) is 5.16 Å². The highest BCUT2D eigenvalue weighted by atomic mass is 32.2. The van der Waals surface area contributed by atoms with E-state index in [9.17, 15) is 8.42 Å². The fourth-order valence-corrected chi connectivity index (χ4v) is 3.73. The first kappa shape index (κ1) is 20.8. The molecular formula is C18H20N6O3S2. The number of rotatable bonds is 8. The number of methoxy groups -OCH3 is 1. The Kier molecular flexibility index (Phi) is 6.52. The lowest BCUT2D eigenvalue weighted by Gasteiger charge is -2.10. The van der Waals surface area contributed by atoms with Gasteiger partial charge in [0.2, 0.25) is 10.0 Å². The number of sulfonamides is 1. The number of H-pyrrole nitrogens is 1. The minimum Gasteiger partial charge on any atom is -0.496 e. The molecule has 3 aromatic rings. The van der Waals surface area contributed by atoms with Gasteiger partial charge in [-0.05, 0) is 55.0 Å². The molecule has 3 rings (SSSR count). The number of thioether (sulfide) groups is 1. The monoisotopic (exact) mass is 432 g/mol. The Morgan fingerprint density at radius 2 is 2.03 bits per heavy atom. The van der Waals surface area contributed by atoms with E-state index in [1.54, 1.807) is 19.2 Å². The largest absolute Gasteiger partial charge is 0.496 e. The van der Waals surface area contributed by atoms with Gasteiger partial charge in [-0.15, -0.1) is 0 Å². The van der Waals surface area contributed by atoms with E-state index in [0.29, 0.717) is 11.4 Å². The highest BCUT2D eigenvalue weighted by molar-refractivity contribution is 7.98. The van der Waals surface area contributed by atoms with E-state index in [-0.39, 0.29) is 4.90 Å². The fraction of sp³-hybridized carbons (Fsp3) is 0.167. The molecule has 0 radical (unpaired) electrons. The Bertz CT molecular complexity index is 1100. The van der Waals surface area contributed by atoms with Crippen LogP contribution in [0.2, 0.25) is 0 Å². The summed E-state index contributed by atoms with van der Waals surface area (Å²) in [5.74, 6) is 1.43.